The Morgan fingerprint density at radius 3 is 2.56 bits per heavy atom. The van der Waals surface area contributed by atoms with Gasteiger partial charge in [-0.25, -0.2) is 5.43 Å². The molecular formula is C18H20N2O5. The van der Waals surface area contributed by atoms with Crippen LogP contribution < -0.4 is 10.2 Å². The third kappa shape index (κ3) is 4.94. The van der Waals surface area contributed by atoms with Crippen molar-refractivity contribution in [3.8, 4) is 5.75 Å². The molecule has 1 aromatic carbocycles. The first kappa shape index (κ1) is 18.3. The molecule has 1 heterocycles. The Labute approximate surface area is 145 Å². The number of carboxylic acids is 1. The number of aryl methyl sites for hydroxylation is 2. The molecule has 0 spiro atoms. The number of carbonyl (C=O) groups is 2. The molecular weight excluding hydrogens is 324 g/mol. The smallest absolute Gasteiger partial charge is 0.303 e. The van der Waals surface area contributed by atoms with Crippen LogP contribution in [0.4, 0.5) is 0 Å². The molecule has 0 saturated carbocycles. The van der Waals surface area contributed by atoms with Gasteiger partial charge >= 0.3 is 5.97 Å². The van der Waals surface area contributed by atoms with E-state index in [-0.39, 0.29) is 12.3 Å². The summed E-state index contributed by atoms with van der Waals surface area (Å²) in [6.45, 7) is 3.51. The van der Waals surface area contributed by atoms with Crippen LogP contribution in [0.1, 0.15) is 40.8 Å². The Kier molecular flexibility index (Phi) is 5.94. The van der Waals surface area contributed by atoms with Crippen molar-refractivity contribution < 1.29 is 23.8 Å². The summed E-state index contributed by atoms with van der Waals surface area (Å²) >= 11 is 0. The van der Waals surface area contributed by atoms with E-state index in [0.717, 1.165) is 5.56 Å². The third-order valence-electron chi connectivity index (χ3n) is 3.62. The molecule has 1 aromatic heterocycles. The van der Waals surface area contributed by atoms with Crippen molar-refractivity contribution in [3.05, 3.63) is 53.0 Å². The van der Waals surface area contributed by atoms with Crippen LogP contribution in [0.2, 0.25) is 0 Å². The highest BCUT2D eigenvalue weighted by Gasteiger charge is 2.12. The SMILES string of the molecule is COc1ccc(C(=O)N/N=C(/C)c2cc(CCC(=O)O)oc2C)cc1. The lowest BCUT2D eigenvalue weighted by atomic mass is 10.1. The van der Waals surface area contributed by atoms with Gasteiger partial charge in [0.25, 0.3) is 5.91 Å². The molecule has 0 radical (unpaired) electrons. The fourth-order valence-corrected chi connectivity index (χ4v) is 2.26. The van der Waals surface area contributed by atoms with E-state index in [9.17, 15) is 9.59 Å². The summed E-state index contributed by atoms with van der Waals surface area (Å²) in [6.07, 6.45) is 0.304. The van der Waals surface area contributed by atoms with Crippen molar-refractivity contribution in [1.29, 1.82) is 0 Å². The summed E-state index contributed by atoms with van der Waals surface area (Å²) in [4.78, 5) is 22.7. The Morgan fingerprint density at radius 1 is 1.28 bits per heavy atom. The van der Waals surface area contributed by atoms with Gasteiger partial charge in [0.2, 0.25) is 0 Å². The number of carbonyl (C=O) groups excluding carboxylic acids is 1. The monoisotopic (exact) mass is 344 g/mol. The lowest BCUT2D eigenvalue weighted by molar-refractivity contribution is -0.137. The van der Waals surface area contributed by atoms with Crippen molar-refractivity contribution in [2.75, 3.05) is 7.11 Å². The summed E-state index contributed by atoms with van der Waals surface area (Å²) in [7, 11) is 1.56. The highest BCUT2D eigenvalue weighted by molar-refractivity contribution is 6.01. The van der Waals surface area contributed by atoms with E-state index in [1.54, 1.807) is 51.3 Å². The zero-order valence-electron chi connectivity index (χ0n) is 14.3. The van der Waals surface area contributed by atoms with Gasteiger partial charge in [-0.15, -0.1) is 0 Å². The molecule has 2 aromatic rings. The molecule has 0 aliphatic heterocycles. The maximum atomic E-state index is 12.1. The van der Waals surface area contributed by atoms with E-state index in [1.165, 1.54) is 0 Å². The number of nitrogens with zero attached hydrogens (tertiary/aromatic N) is 1. The van der Waals surface area contributed by atoms with E-state index >= 15 is 0 Å². The summed E-state index contributed by atoms with van der Waals surface area (Å²) in [5.74, 6) is 0.646. The van der Waals surface area contributed by atoms with Gasteiger partial charge in [-0.2, -0.15) is 5.10 Å². The van der Waals surface area contributed by atoms with Gasteiger partial charge in [-0.05, 0) is 44.2 Å². The number of methoxy groups -OCH3 is 1. The number of benzene rings is 1. The minimum absolute atomic E-state index is 0.00319. The maximum Gasteiger partial charge on any atom is 0.303 e. The van der Waals surface area contributed by atoms with Crippen LogP contribution in [0, 0.1) is 6.92 Å². The average molecular weight is 344 g/mol. The second-order valence-electron chi connectivity index (χ2n) is 5.44. The largest absolute Gasteiger partial charge is 0.497 e. The molecule has 0 aliphatic carbocycles. The molecule has 0 saturated heterocycles. The molecule has 0 atom stereocenters. The predicted octanol–water partition coefficient (Wildman–Crippen LogP) is 2.77. The van der Waals surface area contributed by atoms with Crippen molar-refractivity contribution in [3.63, 3.8) is 0 Å². The standard InChI is InChI=1S/C18H20N2O5/c1-11(16-10-15(25-12(16)2)8-9-17(21)22)19-20-18(23)13-4-6-14(24-3)7-5-13/h4-7,10H,8-9H2,1-3H3,(H,20,23)(H,21,22)/b19-11-. The molecule has 2 N–H and O–H groups in total. The zero-order valence-corrected chi connectivity index (χ0v) is 14.3. The molecule has 25 heavy (non-hydrogen) atoms. The second kappa shape index (κ2) is 8.14. The number of hydrogen-bond donors (Lipinski definition) is 2. The number of hydrogen-bond acceptors (Lipinski definition) is 5. The Balaban J connectivity index is 2.05. The number of carboxylic acid groups (broad SMARTS) is 1. The van der Waals surface area contributed by atoms with Crippen molar-refractivity contribution >= 4 is 17.6 Å². The fourth-order valence-electron chi connectivity index (χ4n) is 2.26. The highest BCUT2D eigenvalue weighted by atomic mass is 16.5. The highest BCUT2D eigenvalue weighted by Crippen LogP contribution is 2.17. The van der Waals surface area contributed by atoms with E-state index in [1.807, 2.05) is 0 Å². The van der Waals surface area contributed by atoms with Crippen LogP contribution in [0.3, 0.4) is 0 Å². The minimum Gasteiger partial charge on any atom is -0.497 e. The maximum absolute atomic E-state index is 12.1. The quantitative estimate of drug-likeness (QED) is 0.594. The van der Waals surface area contributed by atoms with Crippen LogP contribution in [-0.4, -0.2) is 29.8 Å². The van der Waals surface area contributed by atoms with Crippen molar-refractivity contribution in [1.82, 2.24) is 5.43 Å². The van der Waals surface area contributed by atoms with Gasteiger partial charge < -0.3 is 14.3 Å². The molecule has 2 rings (SSSR count). The normalized spacial score (nSPS) is 11.2. The van der Waals surface area contributed by atoms with Gasteiger partial charge in [0, 0.05) is 17.5 Å². The lowest BCUT2D eigenvalue weighted by Crippen LogP contribution is -2.19. The molecule has 0 fully saturated rings. The van der Waals surface area contributed by atoms with Crippen LogP contribution in [0.5, 0.6) is 5.75 Å². The summed E-state index contributed by atoms with van der Waals surface area (Å²) in [5.41, 5.74) is 4.26. The number of rotatable bonds is 7. The Morgan fingerprint density at radius 2 is 1.96 bits per heavy atom. The van der Waals surface area contributed by atoms with Crippen LogP contribution in [0.25, 0.3) is 0 Å². The molecule has 0 unspecified atom stereocenters. The first-order valence-corrected chi connectivity index (χ1v) is 7.71. The topological polar surface area (TPSA) is 101 Å². The number of ether oxygens (including phenoxy) is 1. The van der Waals surface area contributed by atoms with E-state index in [4.69, 9.17) is 14.3 Å². The van der Waals surface area contributed by atoms with Crippen molar-refractivity contribution in [2.24, 2.45) is 5.10 Å². The molecule has 1 amide bonds. The number of nitrogens with one attached hydrogen (secondary N) is 1. The molecule has 0 aliphatic rings. The molecule has 7 nitrogen and oxygen atoms in total. The number of amides is 1. The second-order valence-corrected chi connectivity index (χ2v) is 5.44. The molecule has 0 bridgehead atoms. The van der Waals surface area contributed by atoms with Crippen LogP contribution in [0.15, 0.2) is 39.9 Å². The first-order chi connectivity index (χ1) is 11.9. The first-order valence-electron chi connectivity index (χ1n) is 7.71. The van der Waals surface area contributed by atoms with Crippen LogP contribution >= 0.6 is 0 Å². The molecule has 7 heteroatoms. The fraction of sp³-hybridized carbons (Fsp3) is 0.278. The number of furan rings is 1. The lowest BCUT2D eigenvalue weighted by Gasteiger charge is -2.03. The van der Waals surface area contributed by atoms with Crippen LogP contribution in [-0.2, 0) is 11.2 Å². The Hall–Kier alpha value is -3.09. The third-order valence-corrected chi connectivity index (χ3v) is 3.62. The van der Waals surface area contributed by atoms with E-state index < -0.39 is 5.97 Å². The summed E-state index contributed by atoms with van der Waals surface area (Å²) in [5, 5.41) is 12.8. The average Bonchev–Trinajstić information content (AvgIpc) is 2.98. The van der Waals surface area contributed by atoms with Gasteiger partial charge in [0.1, 0.15) is 17.3 Å². The van der Waals surface area contributed by atoms with Gasteiger partial charge in [-0.1, -0.05) is 0 Å². The number of hydrazone groups is 1. The molecule has 132 valence electrons. The zero-order chi connectivity index (χ0) is 18.4. The van der Waals surface area contributed by atoms with Crippen molar-refractivity contribution in [2.45, 2.75) is 26.7 Å². The Bertz CT molecular complexity index is 790. The van der Waals surface area contributed by atoms with E-state index in [0.29, 0.717) is 35.0 Å². The van der Waals surface area contributed by atoms with Gasteiger partial charge in [0.05, 0.1) is 19.2 Å². The van der Waals surface area contributed by atoms with Gasteiger partial charge in [-0.3, -0.25) is 9.59 Å². The van der Waals surface area contributed by atoms with E-state index in [2.05, 4.69) is 10.5 Å². The van der Waals surface area contributed by atoms with Gasteiger partial charge in [0.15, 0.2) is 0 Å². The summed E-state index contributed by atoms with van der Waals surface area (Å²) < 4.78 is 10.6. The number of aliphatic carboxylic acids is 1. The summed E-state index contributed by atoms with van der Waals surface area (Å²) in [6, 6.07) is 8.43. The minimum atomic E-state index is -0.882. The predicted molar refractivity (Wildman–Crippen MR) is 92.1 cm³/mol.